The Hall–Kier alpha value is -2.94. The number of carbonyl (C=O) groups excluding carboxylic acids is 2. The van der Waals surface area contributed by atoms with Crippen molar-refractivity contribution in [2.24, 2.45) is 0 Å². The summed E-state index contributed by atoms with van der Waals surface area (Å²) < 4.78 is 22.3. The van der Waals surface area contributed by atoms with Crippen LogP contribution in [0.5, 0.6) is 0 Å². The van der Waals surface area contributed by atoms with E-state index in [0.29, 0.717) is 26.3 Å². The Kier molecular flexibility index (Phi) is 9.70. The van der Waals surface area contributed by atoms with Crippen LogP contribution in [0.3, 0.4) is 0 Å². The van der Waals surface area contributed by atoms with Crippen LogP contribution in [-0.4, -0.2) is 72.7 Å². The average molecular weight is 513 g/mol. The van der Waals surface area contributed by atoms with Gasteiger partial charge in [-0.05, 0) is 38.8 Å². The molecule has 0 bridgehead atoms. The summed E-state index contributed by atoms with van der Waals surface area (Å²) in [5, 5.41) is 0. The second-order valence-corrected chi connectivity index (χ2v) is 10.5. The molecule has 2 aromatic rings. The number of nitrogens with zero attached hydrogens (tertiary/aromatic N) is 2. The highest BCUT2D eigenvalue weighted by atomic mass is 16.6. The van der Waals surface area contributed by atoms with Crippen molar-refractivity contribution in [1.29, 1.82) is 0 Å². The summed E-state index contributed by atoms with van der Waals surface area (Å²) in [5.74, 6) is -0.607. The van der Waals surface area contributed by atoms with Crippen LogP contribution in [0.1, 0.15) is 45.2 Å². The van der Waals surface area contributed by atoms with Crippen LogP contribution in [0, 0.1) is 0 Å². The molecule has 1 aliphatic rings. The quantitative estimate of drug-likeness (QED) is 0.407. The second-order valence-electron chi connectivity index (χ2n) is 10.5. The highest BCUT2D eigenvalue weighted by molar-refractivity contribution is 5.79. The van der Waals surface area contributed by atoms with Gasteiger partial charge in [0.05, 0.1) is 25.9 Å². The van der Waals surface area contributed by atoms with Crippen LogP contribution in [0.15, 0.2) is 60.7 Å². The van der Waals surface area contributed by atoms with Crippen molar-refractivity contribution in [1.82, 2.24) is 9.80 Å². The van der Waals surface area contributed by atoms with Gasteiger partial charge in [-0.15, -0.1) is 0 Å². The van der Waals surface area contributed by atoms with Gasteiger partial charge in [0.2, 0.25) is 6.10 Å². The van der Waals surface area contributed by atoms with Crippen molar-refractivity contribution in [3.63, 3.8) is 0 Å². The van der Waals surface area contributed by atoms with Crippen LogP contribution < -0.4 is 0 Å². The molecule has 0 N–H and O–H groups in total. The topological polar surface area (TPSA) is 77.5 Å². The lowest BCUT2D eigenvalue weighted by Gasteiger charge is -2.38. The van der Waals surface area contributed by atoms with E-state index in [1.54, 1.807) is 12.0 Å². The number of amides is 1. The number of hydrogen-bond donors (Lipinski definition) is 0. The van der Waals surface area contributed by atoms with E-state index in [-0.39, 0.29) is 12.5 Å². The largest absolute Gasteiger partial charge is 0.466 e. The Labute approximate surface area is 220 Å². The van der Waals surface area contributed by atoms with E-state index >= 15 is 0 Å². The Morgan fingerprint density at radius 1 is 0.946 bits per heavy atom. The van der Waals surface area contributed by atoms with Gasteiger partial charge in [0, 0.05) is 32.7 Å². The lowest BCUT2D eigenvalue weighted by molar-refractivity contribution is -0.154. The minimum Gasteiger partial charge on any atom is -0.466 e. The third kappa shape index (κ3) is 7.53. The molecule has 3 rings (SSSR count). The van der Waals surface area contributed by atoms with E-state index in [0.717, 1.165) is 11.1 Å². The van der Waals surface area contributed by atoms with E-state index in [1.807, 2.05) is 64.1 Å². The molecule has 0 radical (unpaired) electrons. The number of methoxy groups -OCH3 is 2. The predicted octanol–water partition coefficient (Wildman–Crippen LogP) is 4.62. The maximum absolute atomic E-state index is 13.4. The van der Waals surface area contributed by atoms with Crippen LogP contribution in [0.2, 0.25) is 0 Å². The average Bonchev–Trinajstić information content (AvgIpc) is 3.10. The lowest BCUT2D eigenvalue weighted by Crippen LogP contribution is -2.54. The summed E-state index contributed by atoms with van der Waals surface area (Å²) in [7, 11) is 2.93. The molecule has 1 saturated heterocycles. The van der Waals surface area contributed by atoms with Gasteiger partial charge in [0.1, 0.15) is 5.72 Å². The molecule has 8 heteroatoms. The zero-order valence-corrected chi connectivity index (χ0v) is 22.8. The van der Waals surface area contributed by atoms with E-state index < -0.39 is 29.4 Å². The predicted molar refractivity (Wildman–Crippen MR) is 141 cm³/mol. The van der Waals surface area contributed by atoms with Crippen LogP contribution >= 0.6 is 0 Å². The fourth-order valence-corrected chi connectivity index (χ4v) is 4.89. The van der Waals surface area contributed by atoms with Crippen LogP contribution in [0.4, 0.5) is 4.79 Å². The zero-order chi connectivity index (χ0) is 27.1. The second kappa shape index (κ2) is 12.5. The zero-order valence-electron chi connectivity index (χ0n) is 22.8. The van der Waals surface area contributed by atoms with E-state index in [2.05, 4.69) is 29.2 Å². The summed E-state index contributed by atoms with van der Waals surface area (Å²) >= 11 is 0. The van der Waals surface area contributed by atoms with E-state index in [9.17, 15) is 9.59 Å². The van der Waals surface area contributed by atoms with Gasteiger partial charge in [-0.2, -0.15) is 0 Å². The van der Waals surface area contributed by atoms with Crippen molar-refractivity contribution in [2.75, 3.05) is 27.4 Å². The highest BCUT2D eigenvalue weighted by Crippen LogP contribution is 2.35. The Morgan fingerprint density at radius 3 is 1.92 bits per heavy atom. The summed E-state index contributed by atoms with van der Waals surface area (Å²) in [5.41, 5.74) is 0.812. The third-order valence-electron chi connectivity index (χ3n) is 6.63. The minimum atomic E-state index is -1.11. The van der Waals surface area contributed by atoms with Gasteiger partial charge in [-0.3, -0.25) is 9.80 Å². The normalized spacial score (nSPS) is 17.9. The van der Waals surface area contributed by atoms with Gasteiger partial charge >= 0.3 is 12.1 Å². The molecule has 0 aliphatic carbocycles. The lowest BCUT2D eigenvalue weighted by atomic mass is 10.0. The smallest absolute Gasteiger partial charge is 0.413 e. The first-order valence-corrected chi connectivity index (χ1v) is 12.6. The Bertz CT molecular complexity index is 954. The number of esters is 1. The molecule has 0 aromatic heterocycles. The number of hydrogen-bond acceptors (Lipinski definition) is 7. The molecule has 0 saturated carbocycles. The van der Waals surface area contributed by atoms with Crippen LogP contribution in [0.25, 0.3) is 0 Å². The molecule has 202 valence electrons. The summed E-state index contributed by atoms with van der Waals surface area (Å²) in [6, 6.07) is 20.0. The highest BCUT2D eigenvalue weighted by Gasteiger charge is 2.50. The molecule has 8 nitrogen and oxygen atoms in total. The minimum absolute atomic E-state index is 0.210. The molecule has 0 spiro atoms. The van der Waals surface area contributed by atoms with E-state index in [4.69, 9.17) is 18.9 Å². The van der Waals surface area contributed by atoms with Gasteiger partial charge in [0.15, 0.2) is 0 Å². The molecule has 1 aliphatic heterocycles. The summed E-state index contributed by atoms with van der Waals surface area (Å²) in [6.45, 7) is 9.41. The first kappa shape index (κ1) is 28.6. The van der Waals surface area contributed by atoms with E-state index in [1.165, 1.54) is 7.11 Å². The van der Waals surface area contributed by atoms with Crippen molar-refractivity contribution >= 4 is 12.1 Å². The molecular formula is C29H40N2O6. The van der Waals surface area contributed by atoms with Gasteiger partial charge in [0.25, 0.3) is 0 Å². The fraction of sp³-hybridized carbons (Fsp3) is 0.517. The molecule has 1 amide bonds. The summed E-state index contributed by atoms with van der Waals surface area (Å²) in [6.07, 6.45) is -1.52. The number of carbonyl (C=O) groups is 2. The molecule has 1 heterocycles. The molecule has 37 heavy (non-hydrogen) atoms. The number of rotatable bonds is 11. The monoisotopic (exact) mass is 512 g/mol. The molecule has 2 aromatic carbocycles. The van der Waals surface area contributed by atoms with Gasteiger partial charge in [-0.25, -0.2) is 9.59 Å². The van der Waals surface area contributed by atoms with Crippen molar-refractivity contribution in [3.8, 4) is 0 Å². The number of benzene rings is 2. The van der Waals surface area contributed by atoms with Crippen molar-refractivity contribution in [3.05, 3.63) is 71.8 Å². The molecular weight excluding hydrogens is 472 g/mol. The standard InChI is InChI=1S/C29H40N2O6/c1-28(2)21-36-29(3,4)31(28)27(33)37-25(26(32)35-6)17-24(20-34-5)30(18-22-13-9-7-10-14-22)19-23-15-11-8-12-16-23/h7-16,24-25H,17-21H2,1-6H3/t24-,25-/m0/s1. The van der Waals surface area contributed by atoms with Crippen molar-refractivity contribution in [2.45, 2.75) is 70.6 Å². The Balaban J connectivity index is 1.86. The SMILES string of the molecule is COC[C@H](C[C@H](OC(=O)N1C(C)(C)COC1(C)C)C(=O)OC)N(Cc1ccccc1)Cc1ccccc1. The molecule has 1 fully saturated rings. The summed E-state index contributed by atoms with van der Waals surface area (Å²) in [4.78, 5) is 30.0. The molecule has 2 atom stereocenters. The number of ether oxygens (including phenoxy) is 4. The van der Waals surface area contributed by atoms with Crippen LogP contribution in [-0.2, 0) is 36.8 Å². The maximum atomic E-state index is 13.4. The van der Waals surface area contributed by atoms with Gasteiger partial charge < -0.3 is 18.9 Å². The first-order chi connectivity index (χ1) is 17.6. The Morgan fingerprint density at radius 2 is 1.49 bits per heavy atom. The first-order valence-electron chi connectivity index (χ1n) is 12.6. The molecule has 0 unspecified atom stereocenters. The van der Waals surface area contributed by atoms with Crippen molar-refractivity contribution < 1.29 is 28.5 Å². The van der Waals surface area contributed by atoms with Gasteiger partial charge in [-0.1, -0.05) is 60.7 Å². The third-order valence-corrected chi connectivity index (χ3v) is 6.63. The fourth-order valence-electron chi connectivity index (χ4n) is 4.89. The maximum Gasteiger partial charge on any atom is 0.413 e.